The number of rotatable bonds is 5. The van der Waals surface area contributed by atoms with Gasteiger partial charge < -0.3 is 20.3 Å². The van der Waals surface area contributed by atoms with E-state index < -0.39 is 0 Å². The molecule has 0 saturated carbocycles. The molecular weight excluding hydrogens is 366 g/mol. The molecule has 3 rings (SSSR count). The maximum absolute atomic E-state index is 6.15. The van der Waals surface area contributed by atoms with Crippen LogP contribution in [0.5, 0.6) is 5.75 Å². The minimum atomic E-state index is 0.108. The zero-order valence-electron chi connectivity index (χ0n) is 15.1. The van der Waals surface area contributed by atoms with E-state index in [9.17, 15) is 0 Å². The van der Waals surface area contributed by atoms with Crippen LogP contribution in [0.4, 0.5) is 11.4 Å². The lowest BCUT2D eigenvalue weighted by Crippen LogP contribution is -2.30. The van der Waals surface area contributed by atoms with E-state index in [2.05, 4.69) is 46.7 Å². The van der Waals surface area contributed by atoms with Gasteiger partial charge in [-0.1, -0.05) is 23.7 Å². The molecule has 1 heterocycles. The van der Waals surface area contributed by atoms with Gasteiger partial charge in [-0.15, -0.1) is 0 Å². The van der Waals surface area contributed by atoms with Crippen molar-refractivity contribution in [1.29, 1.82) is 0 Å². The summed E-state index contributed by atoms with van der Waals surface area (Å²) >= 11 is 11.6. The van der Waals surface area contributed by atoms with Gasteiger partial charge in [-0.25, -0.2) is 0 Å². The summed E-state index contributed by atoms with van der Waals surface area (Å²) in [6, 6.07) is 14.3. The van der Waals surface area contributed by atoms with Gasteiger partial charge in [0.15, 0.2) is 5.11 Å². The van der Waals surface area contributed by atoms with Crippen molar-refractivity contribution in [2.75, 3.05) is 30.4 Å². The normalized spacial score (nSPS) is 14.8. The van der Waals surface area contributed by atoms with E-state index in [1.807, 2.05) is 12.1 Å². The predicted molar refractivity (Wildman–Crippen MR) is 114 cm³/mol. The SMILES string of the molecule is COc1ccc(NC(=S)N[C@H](C)c2ccc(N3CCCC3)cc2)cc1Cl. The zero-order chi connectivity index (χ0) is 18.5. The molecule has 4 nitrogen and oxygen atoms in total. The summed E-state index contributed by atoms with van der Waals surface area (Å²) in [5.41, 5.74) is 3.32. The molecular formula is C20H24ClN3OS. The molecule has 0 amide bonds. The molecule has 0 unspecified atom stereocenters. The zero-order valence-corrected chi connectivity index (χ0v) is 16.7. The van der Waals surface area contributed by atoms with E-state index >= 15 is 0 Å². The molecule has 2 N–H and O–H groups in total. The molecule has 0 bridgehead atoms. The molecule has 0 aromatic heterocycles. The lowest BCUT2D eigenvalue weighted by molar-refractivity contribution is 0.415. The van der Waals surface area contributed by atoms with E-state index in [4.69, 9.17) is 28.6 Å². The summed E-state index contributed by atoms with van der Waals surface area (Å²) in [7, 11) is 1.59. The highest BCUT2D eigenvalue weighted by atomic mass is 35.5. The van der Waals surface area contributed by atoms with Gasteiger partial charge >= 0.3 is 0 Å². The number of hydrogen-bond acceptors (Lipinski definition) is 3. The van der Waals surface area contributed by atoms with Crippen molar-refractivity contribution in [2.24, 2.45) is 0 Å². The largest absolute Gasteiger partial charge is 0.495 e. The van der Waals surface area contributed by atoms with Crippen LogP contribution in [0.2, 0.25) is 5.02 Å². The third kappa shape index (κ3) is 4.59. The molecule has 1 fully saturated rings. The number of anilines is 2. The van der Waals surface area contributed by atoms with Crippen LogP contribution >= 0.6 is 23.8 Å². The number of ether oxygens (including phenoxy) is 1. The lowest BCUT2D eigenvalue weighted by atomic mass is 10.1. The van der Waals surface area contributed by atoms with Gasteiger partial charge in [-0.3, -0.25) is 0 Å². The molecule has 0 radical (unpaired) electrons. The van der Waals surface area contributed by atoms with E-state index in [0.29, 0.717) is 15.9 Å². The van der Waals surface area contributed by atoms with Crippen LogP contribution < -0.4 is 20.3 Å². The highest BCUT2D eigenvalue weighted by molar-refractivity contribution is 7.80. The Balaban J connectivity index is 1.57. The van der Waals surface area contributed by atoms with Gasteiger partial charge in [0.05, 0.1) is 18.2 Å². The van der Waals surface area contributed by atoms with Gasteiger partial charge in [0.2, 0.25) is 0 Å². The molecule has 1 atom stereocenters. The minimum absolute atomic E-state index is 0.108. The maximum atomic E-state index is 6.15. The Hall–Kier alpha value is -1.98. The van der Waals surface area contributed by atoms with Gasteiger partial charge in [-0.05, 0) is 67.9 Å². The van der Waals surface area contributed by atoms with Crippen LogP contribution in [-0.4, -0.2) is 25.3 Å². The van der Waals surface area contributed by atoms with Crippen molar-refractivity contribution < 1.29 is 4.74 Å². The Kier molecular flexibility index (Phi) is 6.22. The van der Waals surface area contributed by atoms with E-state index in [1.165, 1.54) is 24.1 Å². The first kappa shape index (κ1) is 18.8. The second-order valence-electron chi connectivity index (χ2n) is 6.46. The number of halogens is 1. The number of nitrogens with zero attached hydrogens (tertiary/aromatic N) is 1. The highest BCUT2D eigenvalue weighted by Crippen LogP contribution is 2.27. The summed E-state index contributed by atoms with van der Waals surface area (Å²) in [4.78, 5) is 2.43. The summed E-state index contributed by atoms with van der Waals surface area (Å²) in [5.74, 6) is 0.641. The molecule has 0 aliphatic carbocycles. The van der Waals surface area contributed by atoms with Crippen LogP contribution in [0, 0.1) is 0 Å². The predicted octanol–water partition coefficient (Wildman–Crippen LogP) is 5.00. The van der Waals surface area contributed by atoms with Crippen LogP contribution in [0.3, 0.4) is 0 Å². The second kappa shape index (κ2) is 8.60. The van der Waals surface area contributed by atoms with Crippen molar-refractivity contribution in [3.05, 3.63) is 53.1 Å². The third-order valence-electron chi connectivity index (χ3n) is 4.62. The standard InChI is InChI=1S/C20H24ClN3OS/c1-14(15-5-8-17(9-6-15)24-11-3-4-12-24)22-20(26)23-16-7-10-19(25-2)18(21)13-16/h5-10,13-14H,3-4,11-12H2,1-2H3,(H2,22,23,26)/t14-/m1/s1. The molecule has 2 aromatic rings. The number of methoxy groups -OCH3 is 1. The van der Waals surface area contributed by atoms with Crippen molar-refractivity contribution in [2.45, 2.75) is 25.8 Å². The van der Waals surface area contributed by atoms with E-state index in [-0.39, 0.29) is 6.04 Å². The molecule has 2 aromatic carbocycles. The van der Waals surface area contributed by atoms with Crippen molar-refractivity contribution in [1.82, 2.24) is 5.32 Å². The average Bonchev–Trinajstić information content (AvgIpc) is 3.16. The smallest absolute Gasteiger partial charge is 0.171 e. The molecule has 1 aliphatic rings. The molecule has 6 heteroatoms. The fourth-order valence-corrected chi connectivity index (χ4v) is 3.69. The summed E-state index contributed by atoms with van der Waals surface area (Å²) in [6.45, 7) is 4.41. The Labute approximate surface area is 165 Å². The van der Waals surface area contributed by atoms with Gasteiger partial charge in [0.1, 0.15) is 5.75 Å². The number of hydrogen-bond donors (Lipinski definition) is 2. The quantitative estimate of drug-likeness (QED) is 0.704. The van der Waals surface area contributed by atoms with E-state index in [1.54, 1.807) is 13.2 Å². The summed E-state index contributed by atoms with van der Waals surface area (Å²) in [5, 5.41) is 7.58. The minimum Gasteiger partial charge on any atom is -0.495 e. The Bertz CT molecular complexity index is 760. The first-order chi connectivity index (χ1) is 12.6. The first-order valence-corrected chi connectivity index (χ1v) is 9.61. The second-order valence-corrected chi connectivity index (χ2v) is 7.27. The van der Waals surface area contributed by atoms with Gasteiger partial charge in [0.25, 0.3) is 0 Å². The highest BCUT2D eigenvalue weighted by Gasteiger charge is 2.13. The fourth-order valence-electron chi connectivity index (χ4n) is 3.14. The average molecular weight is 390 g/mol. The molecule has 1 aliphatic heterocycles. The summed E-state index contributed by atoms with van der Waals surface area (Å²) in [6.07, 6.45) is 2.57. The number of benzene rings is 2. The fraction of sp³-hybridized carbons (Fsp3) is 0.350. The van der Waals surface area contributed by atoms with E-state index in [0.717, 1.165) is 18.8 Å². The Morgan fingerprint density at radius 3 is 2.46 bits per heavy atom. The Morgan fingerprint density at radius 2 is 1.85 bits per heavy atom. The number of thiocarbonyl (C=S) groups is 1. The van der Waals surface area contributed by atoms with Crippen LogP contribution in [0.1, 0.15) is 31.4 Å². The molecule has 0 spiro atoms. The van der Waals surface area contributed by atoms with Crippen molar-refractivity contribution in [3.63, 3.8) is 0 Å². The van der Waals surface area contributed by atoms with Crippen molar-refractivity contribution >= 4 is 40.3 Å². The van der Waals surface area contributed by atoms with Crippen LogP contribution in [-0.2, 0) is 0 Å². The van der Waals surface area contributed by atoms with Gasteiger partial charge in [0, 0.05) is 24.5 Å². The molecule has 1 saturated heterocycles. The lowest BCUT2D eigenvalue weighted by Gasteiger charge is -2.20. The van der Waals surface area contributed by atoms with Crippen LogP contribution in [0.25, 0.3) is 0 Å². The molecule has 138 valence electrons. The summed E-state index contributed by atoms with van der Waals surface area (Å²) < 4.78 is 5.16. The first-order valence-electron chi connectivity index (χ1n) is 8.83. The molecule has 26 heavy (non-hydrogen) atoms. The third-order valence-corrected chi connectivity index (χ3v) is 5.14. The number of nitrogens with one attached hydrogen (secondary N) is 2. The van der Waals surface area contributed by atoms with Crippen LogP contribution in [0.15, 0.2) is 42.5 Å². The monoisotopic (exact) mass is 389 g/mol. The maximum Gasteiger partial charge on any atom is 0.171 e. The topological polar surface area (TPSA) is 36.5 Å². The van der Waals surface area contributed by atoms with Gasteiger partial charge in [-0.2, -0.15) is 0 Å². The van der Waals surface area contributed by atoms with Crippen molar-refractivity contribution in [3.8, 4) is 5.75 Å². The Morgan fingerprint density at radius 1 is 1.15 bits per heavy atom.